The smallest absolute Gasteiger partial charge is 0.340 e. The fourth-order valence-electron chi connectivity index (χ4n) is 2.25. The lowest BCUT2D eigenvalue weighted by molar-refractivity contribution is 0.0602. The zero-order valence-corrected chi connectivity index (χ0v) is 15.9. The third kappa shape index (κ3) is 4.55. The van der Waals surface area contributed by atoms with Gasteiger partial charge in [-0.05, 0) is 44.1 Å². The average molecular weight is 363 g/mol. The van der Waals surface area contributed by atoms with Crippen molar-refractivity contribution in [1.82, 2.24) is 5.32 Å². The van der Waals surface area contributed by atoms with E-state index < -0.39 is 0 Å². The van der Waals surface area contributed by atoms with Crippen molar-refractivity contribution >= 4 is 39.6 Å². The van der Waals surface area contributed by atoms with Crippen molar-refractivity contribution in [1.29, 1.82) is 0 Å². The number of esters is 1. The minimum Gasteiger partial charge on any atom is -0.465 e. The maximum absolute atomic E-state index is 11.9. The zero-order chi connectivity index (χ0) is 17.7. The fraction of sp³-hybridized carbons (Fsp3) is 0.333. The number of carbonyl (C=O) groups excluding carboxylic acids is 1. The van der Waals surface area contributed by atoms with Crippen LogP contribution in [0, 0.1) is 6.92 Å². The number of benzene rings is 1. The number of rotatable bonds is 5. The number of nitrogens with one attached hydrogen (secondary N) is 2. The Balaban J connectivity index is 2.07. The molecule has 0 bridgehead atoms. The second-order valence-electron chi connectivity index (χ2n) is 5.53. The Morgan fingerprint density at radius 3 is 2.58 bits per heavy atom. The molecule has 1 heterocycles. The summed E-state index contributed by atoms with van der Waals surface area (Å²) in [5, 5.41) is 7.58. The van der Waals surface area contributed by atoms with E-state index in [-0.39, 0.29) is 12.0 Å². The third-order valence-corrected chi connectivity index (χ3v) is 5.10. The molecule has 0 saturated heterocycles. The molecule has 0 radical (unpaired) electrons. The molecule has 0 aliphatic heterocycles. The number of methoxy groups -OCH3 is 1. The minimum atomic E-state index is -0.358. The van der Waals surface area contributed by atoms with E-state index in [1.807, 2.05) is 19.9 Å². The topological polar surface area (TPSA) is 50.4 Å². The Bertz CT molecular complexity index is 723. The minimum absolute atomic E-state index is 0.0674. The van der Waals surface area contributed by atoms with E-state index in [1.54, 1.807) is 0 Å². The van der Waals surface area contributed by atoms with Gasteiger partial charge in [-0.1, -0.05) is 36.8 Å². The molecule has 2 aromatic rings. The van der Waals surface area contributed by atoms with Crippen molar-refractivity contribution in [3.8, 4) is 0 Å². The summed E-state index contributed by atoms with van der Waals surface area (Å²) in [7, 11) is 1.38. The molecule has 0 amide bonds. The van der Waals surface area contributed by atoms with E-state index in [2.05, 4.69) is 41.8 Å². The molecule has 0 aliphatic carbocycles. The van der Waals surface area contributed by atoms with Crippen molar-refractivity contribution < 1.29 is 9.53 Å². The van der Waals surface area contributed by atoms with Gasteiger partial charge in [0.25, 0.3) is 0 Å². The first kappa shape index (κ1) is 18.4. The molecule has 0 fully saturated rings. The highest BCUT2D eigenvalue weighted by Gasteiger charge is 2.17. The van der Waals surface area contributed by atoms with Gasteiger partial charge in [-0.25, -0.2) is 4.79 Å². The molecule has 128 valence electrons. The lowest BCUT2D eigenvalue weighted by Crippen LogP contribution is -2.31. The Hall–Kier alpha value is -1.92. The summed E-state index contributed by atoms with van der Waals surface area (Å²) in [6.45, 7) is 6.16. The summed E-state index contributed by atoms with van der Waals surface area (Å²) in [5.74, 6) is -0.358. The highest BCUT2D eigenvalue weighted by molar-refractivity contribution is 7.80. The van der Waals surface area contributed by atoms with E-state index in [0.29, 0.717) is 15.7 Å². The molecular weight excluding hydrogens is 340 g/mol. The first-order valence-electron chi connectivity index (χ1n) is 7.79. The Morgan fingerprint density at radius 2 is 2.00 bits per heavy atom. The van der Waals surface area contributed by atoms with Crippen LogP contribution in [0.1, 0.15) is 46.3 Å². The van der Waals surface area contributed by atoms with E-state index >= 15 is 0 Å². The Kier molecular flexibility index (Phi) is 6.34. The molecule has 2 N–H and O–H groups in total. The maximum atomic E-state index is 11.9. The van der Waals surface area contributed by atoms with Gasteiger partial charge in [-0.2, -0.15) is 0 Å². The number of hydrogen-bond acceptors (Lipinski definition) is 4. The molecule has 0 saturated carbocycles. The molecule has 1 aromatic heterocycles. The second kappa shape index (κ2) is 8.26. The van der Waals surface area contributed by atoms with Crippen LogP contribution in [0.25, 0.3) is 0 Å². The van der Waals surface area contributed by atoms with Gasteiger partial charge in [0.15, 0.2) is 5.11 Å². The highest BCUT2D eigenvalue weighted by Crippen LogP contribution is 2.29. The van der Waals surface area contributed by atoms with Crippen molar-refractivity contribution in [3.05, 3.63) is 51.9 Å². The largest absolute Gasteiger partial charge is 0.465 e. The predicted molar refractivity (Wildman–Crippen MR) is 104 cm³/mol. The van der Waals surface area contributed by atoms with Crippen LogP contribution in [-0.2, 0) is 11.2 Å². The van der Waals surface area contributed by atoms with Crippen LogP contribution in [0.15, 0.2) is 30.3 Å². The van der Waals surface area contributed by atoms with Crippen molar-refractivity contribution in [2.24, 2.45) is 0 Å². The maximum Gasteiger partial charge on any atom is 0.340 e. The molecule has 1 aromatic carbocycles. The van der Waals surface area contributed by atoms with Gasteiger partial charge in [-0.15, -0.1) is 11.3 Å². The summed E-state index contributed by atoms with van der Waals surface area (Å²) in [6.07, 6.45) is 0.857. The molecule has 24 heavy (non-hydrogen) atoms. The van der Waals surface area contributed by atoms with Crippen molar-refractivity contribution in [3.63, 3.8) is 0 Å². The third-order valence-electron chi connectivity index (χ3n) is 3.69. The number of hydrogen-bond donors (Lipinski definition) is 2. The van der Waals surface area contributed by atoms with E-state index in [4.69, 9.17) is 17.0 Å². The highest BCUT2D eigenvalue weighted by atomic mass is 32.1. The Labute approximate surface area is 152 Å². The standard InChI is InChI=1S/C18H22N2O2S2/c1-5-14-10-15(17(21)22-4)16(24-14)20-18(23)19-12(3)13-8-6-11(2)7-9-13/h6-10,12H,5H2,1-4H3,(H2,19,20,23). The second-order valence-corrected chi connectivity index (χ2v) is 7.08. The summed E-state index contributed by atoms with van der Waals surface area (Å²) in [4.78, 5) is 13.0. The molecule has 1 unspecified atom stereocenters. The van der Waals surface area contributed by atoms with Crippen LogP contribution in [0.3, 0.4) is 0 Å². The predicted octanol–water partition coefficient (Wildman–Crippen LogP) is 4.45. The van der Waals surface area contributed by atoms with Crippen LogP contribution in [0.4, 0.5) is 5.00 Å². The quantitative estimate of drug-likeness (QED) is 0.608. The number of thiophene rings is 1. The van der Waals surface area contributed by atoms with Crippen LogP contribution >= 0.6 is 23.6 Å². The molecule has 6 heteroatoms. The van der Waals surface area contributed by atoms with Gasteiger partial charge < -0.3 is 15.4 Å². The molecular formula is C18H22N2O2S2. The lowest BCUT2D eigenvalue weighted by atomic mass is 10.1. The van der Waals surface area contributed by atoms with E-state index in [1.165, 1.54) is 24.0 Å². The SMILES string of the molecule is CCc1cc(C(=O)OC)c(NC(=S)NC(C)c2ccc(C)cc2)s1. The van der Waals surface area contributed by atoms with Crippen LogP contribution in [0.5, 0.6) is 0 Å². The molecule has 2 rings (SSSR count). The van der Waals surface area contributed by atoms with Crippen molar-refractivity contribution in [2.45, 2.75) is 33.2 Å². The van der Waals surface area contributed by atoms with Crippen molar-refractivity contribution in [2.75, 3.05) is 12.4 Å². The fourth-order valence-corrected chi connectivity index (χ4v) is 3.58. The number of carbonyl (C=O) groups is 1. The molecule has 4 nitrogen and oxygen atoms in total. The molecule has 0 spiro atoms. The zero-order valence-electron chi connectivity index (χ0n) is 14.3. The number of anilines is 1. The van der Waals surface area contributed by atoms with Crippen LogP contribution in [0.2, 0.25) is 0 Å². The van der Waals surface area contributed by atoms with E-state index in [0.717, 1.165) is 16.9 Å². The normalized spacial score (nSPS) is 11.7. The first-order valence-corrected chi connectivity index (χ1v) is 9.02. The monoisotopic (exact) mass is 362 g/mol. The van der Waals surface area contributed by atoms with Crippen LogP contribution in [-0.4, -0.2) is 18.2 Å². The lowest BCUT2D eigenvalue weighted by Gasteiger charge is -2.17. The number of thiocarbonyl (C=S) groups is 1. The Morgan fingerprint density at radius 1 is 1.33 bits per heavy atom. The summed E-state index contributed by atoms with van der Waals surface area (Å²) in [6, 6.07) is 10.2. The van der Waals surface area contributed by atoms with Gasteiger partial charge in [0.1, 0.15) is 5.00 Å². The summed E-state index contributed by atoms with van der Waals surface area (Å²) >= 11 is 6.92. The van der Waals surface area contributed by atoms with E-state index in [9.17, 15) is 4.79 Å². The number of aryl methyl sites for hydroxylation is 2. The van der Waals surface area contributed by atoms with Gasteiger partial charge in [0.05, 0.1) is 18.7 Å². The molecule has 1 atom stereocenters. The molecule has 0 aliphatic rings. The van der Waals surface area contributed by atoms with Gasteiger partial charge >= 0.3 is 5.97 Å². The summed E-state index contributed by atoms with van der Waals surface area (Å²) in [5.41, 5.74) is 2.89. The number of ether oxygens (including phenoxy) is 1. The van der Waals surface area contributed by atoms with Gasteiger partial charge in [-0.3, -0.25) is 0 Å². The first-order chi connectivity index (χ1) is 11.4. The van der Waals surface area contributed by atoms with Gasteiger partial charge in [0, 0.05) is 4.88 Å². The van der Waals surface area contributed by atoms with Gasteiger partial charge in [0.2, 0.25) is 0 Å². The van der Waals surface area contributed by atoms with Crippen LogP contribution < -0.4 is 10.6 Å². The summed E-state index contributed by atoms with van der Waals surface area (Å²) < 4.78 is 4.84. The average Bonchev–Trinajstić information content (AvgIpc) is 2.97.